The molecule has 0 fully saturated rings. The van der Waals surface area contributed by atoms with E-state index in [-0.39, 0.29) is 11.0 Å². The summed E-state index contributed by atoms with van der Waals surface area (Å²) in [6, 6.07) is 12.4. The Morgan fingerprint density at radius 3 is 2.46 bits per heavy atom. The van der Waals surface area contributed by atoms with E-state index in [1.807, 2.05) is 17.5 Å². The number of ketones is 1. The highest BCUT2D eigenvalue weighted by molar-refractivity contribution is 8.03. The van der Waals surface area contributed by atoms with E-state index in [4.69, 9.17) is 4.84 Å². The van der Waals surface area contributed by atoms with Crippen molar-refractivity contribution in [2.75, 3.05) is 0 Å². The molecule has 2 heterocycles. The number of carbonyl (C=O) groups excluding carboxylic acids is 2. The average molecular weight is 487 g/mol. The van der Waals surface area contributed by atoms with Crippen LogP contribution >= 0.6 is 11.8 Å². The molecule has 5 nitrogen and oxygen atoms in total. The van der Waals surface area contributed by atoms with Crippen molar-refractivity contribution in [2.24, 2.45) is 11.1 Å². The molecule has 0 radical (unpaired) electrons. The van der Waals surface area contributed by atoms with Gasteiger partial charge in [-0.15, -0.1) is 11.8 Å². The van der Waals surface area contributed by atoms with Crippen molar-refractivity contribution >= 4 is 51.0 Å². The maximum atomic E-state index is 13.1. The van der Waals surface area contributed by atoms with Gasteiger partial charge in [0.25, 0.3) is 0 Å². The van der Waals surface area contributed by atoms with Gasteiger partial charge in [0.15, 0.2) is 5.78 Å². The van der Waals surface area contributed by atoms with Crippen molar-refractivity contribution in [1.29, 1.82) is 0 Å². The Morgan fingerprint density at radius 2 is 1.83 bits per heavy atom. The topological polar surface area (TPSA) is 60.7 Å². The number of thioether (sulfide) groups is 1. The first kappa shape index (κ1) is 23.6. The number of benzene rings is 2. The number of oxime groups is 1. The van der Waals surface area contributed by atoms with Gasteiger partial charge in [-0.1, -0.05) is 29.5 Å². The number of aromatic nitrogens is 1. The van der Waals surface area contributed by atoms with Crippen molar-refractivity contribution in [1.82, 2.24) is 4.57 Å². The fourth-order valence-corrected chi connectivity index (χ4v) is 6.03. The molecule has 0 saturated heterocycles. The Bertz CT molecular complexity index is 1370. The first-order chi connectivity index (χ1) is 17.0. The van der Waals surface area contributed by atoms with Gasteiger partial charge in [-0.25, -0.2) is 4.79 Å². The quantitative estimate of drug-likeness (QED) is 0.113. The molecule has 180 valence electrons. The zero-order valence-electron chi connectivity index (χ0n) is 20.2. The largest absolute Gasteiger partial charge is 0.341 e. The summed E-state index contributed by atoms with van der Waals surface area (Å²) in [6.07, 6.45) is 11.3. The standard InChI is InChI=1S/C29H30N2O3S/c1-3-31-26-14-11-21(25(30-34-19(2)32)13-10-20-7-4-5-8-20)17-23(26)24-18-22(12-15-27(24)31)29(33)28-9-6-16-35-28/h4,6-7,11-12,14-18,20,28H,3,5,8-10,13H2,1-2H3/b30-25+. The zero-order chi connectivity index (χ0) is 24.4. The summed E-state index contributed by atoms with van der Waals surface area (Å²) in [7, 11) is 0. The van der Waals surface area contributed by atoms with Gasteiger partial charge >= 0.3 is 5.97 Å². The zero-order valence-corrected chi connectivity index (χ0v) is 21.0. The molecule has 2 aliphatic rings. The molecule has 2 atom stereocenters. The van der Waals surface area contributed by atoms with Crippen LogP contribution < -0.4 is 0 Å². The van der Waals surface area contributed by atoms with E-state index in [9.17, 15) is 9.59 Å². The fraction of sp³-hybridized carbons (Fsp3) is 0.345. The van der Waals surface area contributed by atoms with E-state index in [1.54, 1.807) is 11.8 Å². The Kier molecular flexibility index (Phi) is 6.91. The molecule has 6 heteroatoms. The molecule has 1 aliphatic heterocycles. The SMILES string of the molecule is CCn1c2ccc(C(=O)C3CC=CS3)cc2c2cc(/C(CCC3C=CCC3)=N/OC(C)=O)ccc21. The normalized spacial score (nSPS) is 19.8. The number of Topliss-reactive ketones (excluding diaryl/α,β-unsaturated/α-hetero) is 1. The van der Waals surface area contributed by atoms with Crippen LogP contribution in [0, 0.1) is 5.92 Å². The molecule has 1 aliphatic carbocycles. The number of hydrogen-bond donors (Lipinski definition) is 0. The molecule has 1 aromatic heterocycles. The highest BCUT2D eigenvalue weighted by Crippen LogP contribution is 2.34. The van der Waals surface area contributed by atoms with Crippen LogP contribution in [0.2, 0.25) is 0 Å². The molecule has 0 N–H and O–H groups in total. The molecular formula is C29H30N2O3S. The predicted octanol–water partition coefficient (Wildman–Crippen LogP) is 7.03. The monoisotopic (exact) mass is 486 g/mol. The van der Waals surface area contributed by atoms with Crippen molar-refractivity contribution in [3.8, 4) is 0 Å². The molecule has 0 bridgehead atoms. The van der Waals surface area contributed by atoms with Gasteiger partial charge in [-0.05, 0) is 80.7 Å². The maximum Gasteiger partial charge on any atom is 0.331 e. The van der Waals surface area contributed by atoms with Gasteiger partial charge in [0, 0.05) is 46.4 Å². The Balaban J connectivity index is 1.56. The number of aryl methyl sites for hydroxylation is 1. The Hall–Kier alpha value is -3.12. The molecule has 2 aromatic carbocycles. The van der Waals surface area contributed by atoms with Crippen LogP contribution in [-0.4, -0.2) is 27.3 Å². The number of carbonyl (C=O) groups is 2. The minimum Gasteiger partial charge on any atom is -0.341 e. The maximum absolute atomic E-state index is 13.1. The van der Waals surface area contributed by atoms with E-state index in [1.165, 1.54) is 6.92 Å². The van der Waals surface area contributed by atoms with Gasteiger partial charge in [-0.3, -0.25) is 4.79 Å². The molecule has 2 unspecified atom stereocenters. The molecule has 3 aromatic rings. The molecule has 0 saturated carbocycles. The van der Waals surface area contributed by atoms with Crippen LogP contribution in [-0.2, 0) is 16.2 Å². The van der Waals surface area contributed by atoms with E-state index in [2.05, 4.69) is 59.1 Å². The van der Waals surface area contributed by atoms with E-state index in [0.717, 1.165) is 77.3 Å². The summed E-state index contributed by atoms with van der Waals surface area (Å²) < 4.78 is 2.28. The van der Waals surface area contributed by atoms with Crippen LogP contribution in [0.15, 0.2) is 65.2 Å². The number of fused-ring (bicyclic) bond motifs is 3. The second-order valence-electron chi connectivity index (χ2n) is 9.23. The van der Waals surface area contributed by atoms with Crippen LogP contribution in [0.1, 0.15) is 61.9 Å². The van der Waals surface area contributed by atoms with Gasteiger partial charge in [0.05, 0.1) is 11.0 Å². The first-order valence-corrected chi connectivity index (χ1v) is 13.3. The van der Waals surface area contributed by atoms with Crippen LogP contribution in [0.4, 0.5) is 0 Å². The molecule has 0 amide bonds. The van der Waals surface area contributed by atoms with E-state index < -0.39 is 5.97 Å². The van der Waals surface area contributed by atoms with Crippen LogP contribution in [0.25, 0.3) is 21.8 Å². The number of nitrogens with zero attached hydrogens (tertiary/aromatic N) is 2. The predicted molar refractivity (Wildman–Crippen MR) is 144 cm³/mol. The van der Waals surface area contributed by atoms with Gasteiger partial charge in [-0.2, -0.15) is 0 Å². The van der Waals surface area contributed by atoms with Crippen molar-refractivity contribution in [3.05, 3.63) is 71.2 Å². The van der Waals surface area contributed by atoms with Crippen LogP contribution in [0.5, 0.6) is 0 Å². The fourth-order valence-electron chi connectivity index (χ4n) is 5.14. The number of rotatable bonds is 8. The van der Waals surface area contributed by atoms with Crippen molar-refractivity contribution in [3.63, 3.8) is 0 Å². The molecule has 35 heavy (non-hydrogen) atoms. The third kappa shape index (κ3) is 4.85. The highest BCUT2D eigenvalue weighted by atomic mass is 32.2. The summed E-state index contributed by atoms with van der Waals surface area (Å²) in [5.74, 6) is 0.298. The third-order valence-electron chi connectivity index (χ3n) is 6.93. The minimum absolute atomic E-state index is 0.0327. The summed E-state index contributed by atoms with van der Waals surface area (Å²) in [5, 5.41) is 8.37. The number of hydrogen-bond acceptors (Lipinski definition) is 5. The van der Waals surface area contributed by atoms with Crippen LogP contribution in [0.3, 0.4) is 0 Å². The first-order valence-electron chi connectivity index (χ1n) is 12.4. The highest BCUT2D eigenvalue weighted by Gasteiger charge is 2.23. The lowest BCUT2D eigenvalue weighted by atomic mass is 9.96. The summed E-state index contributed by atoms with van der Waals surface area (Å²) >= 11 is 1.60. The number of allylic oxidation sites excluding steroid dienone is 3. The Morgan fingerprint density at radius 1 is 1.09 bits per heavy atom. The third-order valence-corrected chi connectivity index (χ3v) is 8.01. The van der Waals surface area contributed by atoms with E-state index >= 15 is 0 Å². The lowest BCUT2D eigenvalue weighted by molar-refractivity contribution is -0.140. The lowest BCUT2D eigenvalue weighted by Gasteiger charge is -2.10. The summed E-state index contributed by atoms with van der Waals surface area (Å²) in [4.78, 5) is 29.7. The second kappa shape index (κ2) is 10.2. The minimum atomic E-state index is -0.422. The smallest absolute Gasteiger partial charge is 0.331 e. The summed E-state index contributed by atoms with van der Waals surface area (Å²) in [5.41, 5.74) is 4.71. The van der Waals surface area contributed by atoms with E-state index in [0.29, 0.717) is 5.92 Å². The molecule has 0 spiro atoms. The molecular weight excluding hydrogens is 456 g/mol. The lowest BCUT2D eigenvalue weighted by Crippen LogP contribution is -2.14. The molecule has 5 rings (SSSR count). The average Bonchev–Trinajstić information content (AvgIpc) is 3.63. The van der Waals surface area contributed by atoms with Crippen molar-refractivity contribution in [2.45, 2.75) is 57.7 Å². The van der Waals surface area contributed by atoms with Gasteiger partial charge < -0.3 is 9.40 Å². The van der Waals surface area contributed by atoms with Gasteiger partial charge in [0.1, 0.15) is 0 Å². The Labute approximate surface area is 209 Å². The van der Waals surface area contributed by atoms with Gasteiger partial charge in [0.2, 0.25) is 0 Å². The summed E-state index contributed by atoms with van der Waals surface area (Å²) in [6.45, 7) is 4.34. The second-order valence-corrected chi connectivity index (χ2v) is 10.3. The van der Waals surface area contributed by atoms with Crippen molar-refractivity contribution < 1.29 is 14.4 Å².